The van der Waals surface area contributed by atoms with Gasteiger partial charge in [0.15, 0.2) is 0 Å². The number of non-ortho nitro benzene ring substituents is 1. The second kappa shape index (κ2) is 4.68. The molecule has 1 aromatic carbocycles. The highest BCUT2D eigenvalue weighted by Crippen LogP contribution is 2.36. The third-order valence-corrected chi connectivity index (χ3v) is 3.73. The van der Waals surface area contributed by atoms with Crippen LogP contribution >= 0.6 is 0 Å². The highest BCUT2D eigenvalue weighted by Gasteiger charge is 2.42. The summed E-state index contributed by atoms with van der Waals surface area (Å²) in [6, 6.07) is 6.74. The van der Waals surface area contributed by atoms with Crippen molar-refractivity contribution >= 4 is 5.69 Å². The van der Waals surface area contributed by atoms with Gasteiger partial charge in [-0.25, -0.2) is 0 Å². The van der Waals surface area contributed by atoms with E-state index >= 15 is 0 Å². The van der Waals surface area contributed by atoms with E-state index in [1.807, 2.05) is 17.7 Å². The van der Waals surface area contributed by atoms with Crippen LogP contribution in [0.15, 0.2) is 30.6 Å². The van der Waals surface area contributed by atoms with Crippen molar-refractivity contribution in [2.75, 3.05) is 13.2 Å². The summed E-state index contributed by atoms with van der Waals surface area (Å²) in [4.78, 5) is 10.5. The Labute approximate surface area is 115 Å². The van der Waals surface area contributed by atoms with Crippen LogP contribution < -0.4 is 0 Å². The Kier molecular flexibility index (Phi) is 2.98. The summed E-state index contributed by atoms with van der Waals surface area (Å²) in [7, 11) is 1.88. The standard InChI is InChI=1S/C13H14N4O3/c1-16-9-14-15-12(16)6-13(7-20-8-13)10-3-2-4-11(5-10)17(18)19/h2-5,9H,6-8H2,1H3. The van der Waals surface area contributed by atoms with Crippen LogP contribution in [-0.2, 0) is 23.6 Å². The highest BCUT2D eigenvalue weighted by molar-refractivity contribution is 5.40. The van der Waals surface area contributed by atoms with Crippen LogP contribution in [0, 0.1) is 10.1 Å². The molecule has 0 radical (unpaired) electrons. The molecule has 2 heterocycles. The summed E-state index contributed by atoms with van der Waals surface area (Å²) in [6.45, 7) is 1.09. The summed E-state index contributed by atoms with van der Waals surface area (Å²) < 4.78 is 7.21. The molecule has 0 spiro atoms. The Morgan fingerprint density at radius 3 is 2.85 bits per heavy atom. The zero-order valence-electron chi connectivity index (χ0n) is 11.0. The van der Waals surface area contributed by atoms with Crippen LogP contribution in [0.25, 0.3) is 0 Å². The van der Waals surface area contributed by atoms with Gasteiger partial charge < -0.3 is 9.30 Å². The van der Waals surface area contributed by atoms with Gasteiger partial charge in [-0.15, -0.1) is 10.2 Å². The molecule has 1 aliphatic rings. The van der Waals surface area contributed by atoms with Gasteiger partial charge in [-0.05, 0) is 5.56 Å². The number of nitro benzene ring substituents is 1. The van der Waals surface area contributed by atoms with Gasteiger partial charge in [-0.2, -0.15) is 0 Å². The van der Waals surface area contributed by atoms with E-state index in [4.69, 9.17) is 4.74 Å². The van der Waals surface area contributed by atoms with E-state index in [1.54, 1.807) is 18.5 Å². The van der Waals surface area contributed by atoms with Gasteiger partial charge in [0.1, 0.15) is 12.2 Å². The Morgan fingerprint density at radius 2 is 2.30 bits per heavy atom. The van der Waals surface area contributed by atoms with Crippen LogP contribution in [0.5, 0.6) is 0 Å². The average Bonchev–Trinajstić information content (AvgIpc) is 2.79. The number of hydrogen-bond acceptors (Lipinski definition) is 5. The van der Waals surface area contributed by atoms with Gasteiger partial charge in [-0.1, -0.05) is 12.1 Å². The normalized spacial score (nSPS) is 16.6. The van der Waals surface area contributed by atoms with Gasteiger partial charge >= 0.3 is 0 Å². The molecular formula is C13H14N4O3. The van der Waals surface area contributed by atoms with E-state index in [-0.39, 0.29) is 16.0 Å². The van der Waals surface area contributed by atoms with E-state index in [0.29, 0.717) is 19.6 Å². The molecule has 0 unspecified atom stereocenters. The molecule has 0 atom stereocenters. The molecule has 1 fully saturated rings. The summed E-state index contributed by atoms with van der Waals surface area (Å²) >= 11 is 0. The minimum atomic E-state index is -0.376. The van der Waals surface area contributed by atoms with Crippen molar-refractivity contribution in [1.29, 1.82) is 0 Å². The quantitative estimate of drug-likeness (QED) is 0.618. The van der Waals surface area contributed by atoms with Crippen molar-refractivity contribution in [3.05, 3.63) is 52.1 Å². The Bertz CT molecular complexity index is 649. The smallest absolute Gasteiger partial charge is 0.269 e. The van der Waals surface area contributed by atoms with Crippen molar-refractivity contribution in [3.8, 4) is 0 Å². The van der Waals surface area contributed by atoms with Crippen LogP contribution in [-0.4, -0.2) is 32.9 Å². The van der Waals surface area contributed by atoms with Gasteiger partial charge in [-0.3, -0.25) is 10.1 Å². The lowest BCUT2D eigenvalue weighted by atomic mass is 9.75. The zero-order valence-corrected chi connectivity index (χ0v) is 11.0. The Balaban J connectivity index is 1.95. The first-order valence-electron chi connectivity index (χ1n) is 6.26. The highest BCUT2D eigenvalue weighted by atomic mass is 16.6. The fraction of sp³-hybridized carbons (Fsp3) is 0.385. The third-order valence-electron chi connectivity index (χ3n) is 3.73. The lowest BCUT2D eigenvalue weighted by Crippen LogP contribution is -2.49. The number of rotatable bonds is 4. The molecule has 0 amide bonds. The fourth-order valence-corrected chi connectivity index (χ4v) is 2.44. The van der Waals surface area contributed by atoms with E-state index in [2.05, 4.69) is 10.2 Å². The third kappa shape index (κ3) is 2.05. The summed E-state index contributed by atoms with van der Waals surface area (Å²) in [5, 5.41) is 18.9. The van der Waals surface area contributed by atoms with E-state index in [1.165, 1.54) is 6.07 Å². The Morgan fingerprint density at radius 1 is 1.50 bits per heavy atom. The minimum absolute atomic E-state index is 0.103. The molecule has 0 saturated carbocycles. The molecule has 0 bridgehead atoms. The maximum absolute atomic E-state index is 10.9. The molecule has 1 aromatic heterocycles. The summed E-state index contributed by atoms with van der Waals surface area (Å²) in [5.74, 6) is 0.847. The predicted octanol–water partition coefficient (Wildman–Crippen LogP) is 1.23. The molecule has 1 aliphatic heterocycles. The van der Waals surface area contributed by atoms with Gasteiger partial charge in [0, 0.05) is 31.0 Å². The van der Waals surface area contributed by atoms with Crippen LogP contribution in [0.4, 0.5) is 5.69 Å². The first kappa shape index (κ1) is 12.7. The SMILES string of the molecule is Cn1cnnc1CC1(c2cccc([N+](=O)[O-])c2)COC1. The molecule has 1 saturated heterocycles. The maximum atomic E-state index is 10.9. The first-order chi connectivity index (χ1) is 9.61. The van der Waals surface area contributed by atoms with Crippen molar-refractivity contribution in [2.24, 2.45) is 7.05 Å². The van der Waals surface area contributed by atoms with Crippen molar-refractivity contribution in [1.82, 2.24) is 14.8 Å². The number of aryl methyl sites for hydroxylation is 1. The average molecular weight is 274 g/mol. The Hall–Kier alpha value is -2.28. The maximum Gasteiger partial charge on any atom is 0.269 e. The molecule has 0 N–H and O–H groups in total. The number of hydrogen-bond donors (Lipinski definition) is 0. The number of aromatic nitrogens is 3. The van der Waals surface area contributed by atoms with Crippen molar-refractivity contribution < 1.29 is 9.66 Å². The molecule has 7 nitrogen and oxygen atoms in total. The minimum Gasteiger partial charge on any atom is -0.379 e. The number of nitrogens with zero attached hydrogens (tertiary/aromatic N) is 4. The van der Waals surface area contributed by atoms with Crippen LogP contribution in [0.1, 0.15) is 11.4 Å². The van der Waals surface area contributed by atoms with Crippen LogP contribution in [0.2, 0.25) is 0 Å². The molecule has 20 heavy (non-hydrogen) atoms. The molecular weight excluding hydrogens is 260 g/mol. The van der Waals surface area contributed by atoms with Crippen LogP contribution in [0.3, 0.4) is 0 Å². The first-order valence-corrected chi connectivity index (χ1v) is 6.26. The largest absolute Gasteiger partial charge is 0.379 e. The van der Waals surface area contributed by atoms with Gasteiger partial charge in [0.05, 0.1) is 18.1 Å². The van der Waals surface area contributed by atoms with E-state index < -0.39 is 0 Å². The summed E-state index contributed by atoms with van der Waals surface area (Å²) in [6.07, 6.45) is 2.31. The molecule has 0 aliphatic carbocycles. The number of benzene rings is 1. The molecule has 2 aromatic rings. The molecule has 104 valence electrons. The van der Waals surface area contributed by atoms with Crippen molar-refractivity contribution in [3.63, 3.8) is 0 Å². The van der Waals surface area contributed by atoms with E-state index in [9.17, 15) is 10.1 Å². The summed E-state index contributed by atoms with van der Waals surface area (Å²) in [5.41, 5.74) is 0.778. The second-order valence-electron chi connectivity index (χ2n) is 5.12. The monoisotopic (exact) mass is 274 g/mol. The lowest BCUT2D eigenvalue weighted by molar-refractivity contribution is -0.385. The number of ether oxygens (including phenoxy) is 1. The fourth-order valence-electron chi connectivity index (χ4n) is 2.44. The zero-order chi connectivity index (χ0) is 14.2. The van der Waals surface area contributed by atoms with Gasteiger partial charge in [0.2, 0.25) is 0 Å². The van der Waals surface area contributed by atoms with Gasteiger partial charge in [0.25, 0.3) is 5.69 Å². The predicted molar refractivity (Wildman–Crippen MR) is 70.3 cm³/mol. The second-order valence-corrected chi connectivity index (χ2v) is 5.12. The molecule has 3 rings (SSSR count). The van der Waals surface area contributed by atoms with E-state index in [0.717, 1.165) is 11.4 Å². The number of nitro groups is 1. The topological polar surface area (TPSA) is 83.1 Å². The van der Waals surface area contributed by atoms with Crippen molar-refractivity contribution in [2.45, 2.75) is 11.8 Å². The molecule has 7 heteroatoms. The lowest BCUT2D eigenvalue weighted by Gasteiger charge is -2.41.